The Morgan fingerprint density at radius 2 is 1.10 bits per heavy atom. The Hall–Kier alpha value is -3.68. The number of hydrogen-bond acceptors (Lipinski definition) is 4. The van der Waals surface area contributed by atoms with Gasteiger partial charge in [-0.1, -0.05) is 76.2 Å². The van der Waals surface area contributed by atoms with Crippen LogP contribution in [0.15, 0.2) is 73.8 Å². The summed E-state index contributed by atoms with van der Waals surface area (Å²) in [5.74, 6) is -0.936. The van der Waals surface area contributed by atoms with Gasteiger partial charge in [-0.25, -0.2) is 8.78 Å². The maximum Gasteiger partial charge on any atom is 0.248 e. The number of nitrogens with zero attached hydrogens (tertiary/aromatic N) is 2. The van der Waals surface area contributed by atoms with Crippen LogP contribution in [-0.4, -0.2) is 45.0 Å². The van der Waals surface area contributed by atoms with E-state index in [1.807, 2.05) is 39.8 Å². The van der Waals surface area contributed by atoms with Crippen LogP contribution in [0.1, 0.15) is 51.7 Å². The van der Waals surface area contributed by atoms with E-state index in [1.54, 1.807) is 48.6 Å². The minimum absolute atomic E-state index is 0.251. The van der Waals surface area contributed by atoms with Crippen LogP contribution < -0.4 is 10.6 Å². The minimum Gasteiger partial charge on any atom is -0.359 e. The normalized spacial score (nSPS) is 37.0. The summed E-state index contributed by atoms with van der Waals surface area (Å²) in [7, 11) is 0. The lowest BCUT2D eigenvalue weighted by Crippen LogP contribution is -2.76. The van der Waals surface area contributed by atoms with Crippen molar-refractivity contribution in [2.45, 2.75) is 75.3 Å². The smallest absolute Gasteiger partial charge is 0.248 e. The Balaban J connectivity index is 1.46. The molecule has 2 aromatic carbocycles. The summed E-state index contributed by atoms with van der Waals surface area (Å²) in [5.41, 5.74) is -7.45. The summed E-state index contributed by atoms with van der Waals surface area (Å²) < 4.78 is 35.7. The summed E-state index contributed by atoms with van der Waals surface area (Å²) in [4.78, 5) is 32.3. The standard InChI is InChI=1S/C32H34F2N4O2/c1-7-27(3,4)31-29(33,19-13-9-11-15-21(19)35-31)17-23-26(40)38-24(25(39)37(23)31)18-30(34)20-14-10-12-16-22(20)36-32(30,38)28(5,6)8-2/h7-16,23-24,35-36H,1-2,17-18H2,3-6H3/t23-,24-,29+,30+,31-,32-/m0/s1. The van der Waals surface area contributed by atoms with Gasteiger partial charge < -0.3 is 20.4 Å². The Bertz CT molecular complexity index is 1420. The molecule has 2 N–H and O–H groups in total. The average Bonchev–Trinajstić information content (AvgIpc) is 3.55. The molecule has 3 fully saturated rings. The van der Waals surface area contributed by atoms with E-state index in [-0.39, 0.29) is 12.8 Å². The Morgan fingerprint density at radius 1 is 0.750 bits per heavy atom. The van der Waals surface area contributed by atoms with Crippen LogP contribution in [-0.2, 0) is 20.9 Å². The number of amides is 2. The molecule has 8 heteroatoms. The van der Waals surface area contributed by atoms with Crippen LogP contribution in [0.4, 0.5) is 20.2 Å². The summed E-state index contributed by atoms with van der Waals surface area (Å²) in [5, 5.41) is 6.72. The average molecular weight is 545 g/mol. The SMILES string of the molecule is C=CC(C)(C)[C@@]12Nc3ccccc3[C@]1(F)C[C@H]1C(=O)N3[C@@H](C[C@@]4(F)c5ccccc5N[C@@]34C(C)(C)C=C)C(=O)N12. The van der Waals surface area contributed by atoms with Gasteiger partial charge in [0.15, 0.2) is 22.7 Å². The van der Waals surface area contributed by atoms with Crippen molar-refractivity contribution >= 4 is 23.2 Å². The molecular weight excluding hydrogens is 510 g/mol. The largest absolute Gasteiger partial charge is 0.359 e. The highest BCUT2D eigenvalue weighted by molar-refractivity contribution is 6.02. The summed E-state index contributed by atoms with van der Waals surface area (Å²) in [6, 6.07) is 11.8. The van der Waals surface area contributed by atoms with Gasteiger partial charge in [-0.3, -0.25) is 9.59 Å². The third-order valence-electron chi connectivity index (χ3n) is 10.7. The molecule has 0 aromatic heterocycles. The predicted octanol–water partition coefficient (Wildman–Crippen LogP) is 5.60. The summed E-state index contributed by atoms with van der Waals surface area (Å²) in [6.45, 7) is 15.3. The van der Waals surface area contributed by atoms with Crippen molar-refractivity contribution in [1.29, 1.82) is 0 Å². The van der Waals surface area contributed by atoms with Gasteiger partial charge in [-0.05, 0) is 12.1 Å². The third kappa shape index (κ3) is 2.31. The highest BCUT2D eigenvalue weighted by Gasteiger charge is 2.83. The van der Waals surface area contributed by atoms with E-state index in [0.29, 0.717) is 22.5 Å². The van der Waals surface area contributed by atoms with E-state index in [2.05, 4.69) is 23.8 Å². The van der Waals surface area contributed by atoms with Crippen molar-refractivity contribution in [3.05, 3.63) is 85.0 Å². The number of para-hydroxylation sites is 2. The van der Waals surface area contributed by atoms with Crippen molar-refractivity contribution in [3.8, 4) is 0 Å². The predicted molar refractivity (Wildman–Crippen MR) is 150 cm³/mol. The molecule has 0 saturated carbocycles. The number of anilines is 2. The highest BCUT2D eigenvalue weighted by Crippen LogP contribution is 2.69. The number of carbonyl (C=O) groups excluding carboxylic acids is 2. The number of piperazine rings is 1. The van der Waals surface area contributed by atoms with Gasteiger partial charge in [0.1, 0.15) is 12.1 Å². The first-order valence-corrected chi connectivity index (χ1v) is 13.8. The first kappa shape index (κ1) is 25.3. The molecule has 3 saturated heterocycles. The third-order valence-corrected chi connectivity index (χ3v) is 10.7. The van der Waals surface area contributed by atoms with Crippen molar-refractivity contribution in [2.24, 2.45) is 10.8 Å². The topological polar surface area (TPSA) is 64.7 Å². The molecule has 208 valence electrons. The second-order valence-corrected chi connectivity index (χ2v) is 13.1. The number of alkyl halides is 2. The van der Waals surface area contributed by atoms with Crippen molar-refractivity contribution in [1.82, 2.24) is 9.80 Å². The number of carbonyl (C=O) groups is 2. The second-order valence-electron chi connectivity index (χ2n) is 13.1. The second kappa shape index (κ2) is 7.14. The van der Waals surface area contributed by atoms with Gasteiger partial charge in [0, 0.05) is 46.2 Å². The molecule has 7 rings (SSSR count). The van der Waals surface area contributed by atoms with Crippen LogP contribution in [0.2, 0.25) is 0 Å². The first-order chi connectivity index (χ1) is 18.8. The molecule has 40 heavy (non-hydrogen) atoms. The van der Waals surface area contributed by atoms with Gasteiger partial charge in [0.2, 0.25) is 11.8 Å². The van der Waals surface area contributed by atoms with E-state index in [0.717, 1.165) is 0 Å². The van der Waals surface area contributed by atoms with E-state index in [4.69, 9.17) is 0 Å². The van der Waals surface area contributed by atoms with Crippen molar-refractivity contribution in [2.75, 3.05) is 10.6 Å². The molecule has 0 bridgehead atoms. The number of halogens is 2. The lowest BCUT2D eigenvalue weighted by molar-refractivity contribution is -0.175. The molecule has 2 aromatic rings. The van der Waals surface area contributed by atoms with E-state index in [9.17, 15) is 9.59 Å². The molecular formula is C32H34F2N4O2. The van der Waals surface area contributed by atoms with Gasteiger partial charge in [-0.15, -0.1) is 13.2 Å². The monoisotopic (exact) mass is 544 g/mol. The fourth-order valence-corrected chi connectivity index (χ4v) is 8.67. The van der Waals surface area contributed by atoms with Gasteiger partial charge >= 0.3 is 0 Å². The zero-order valence-electron chi connectivity index (χ0n) is 23.2. The molecule has 5 aliphatic heterocycles. The van der Waals surface area contributed by atoms with Gasteiger partial charge in [-0.2, -0.15) is 0 Å². The number of hydrogen-bond donors (Lipinski definition) is 2. The Kier molecular flexibility index (Phi) is 4.52. The van der Waals surface area contributed by atoms with E-state index < -0.39 is 57.4 Å². The number of nitrogens with one attached hydrogen (secondary N) is 2. The molecule has 0 spiro atoms. The maximum absolute atomic E-state index is 17.8. The molecule has 2 amide bonds. The summed E-state index contributed by atoms with van der Waals surface area (Å²) >= 11 is 0. The van der Waals surface area contributed by atoms with Crippen LogP contribution in [0.25, 0.3) is 0 Å². The fourth-order valence-electron chi connectivity index (χ4n) is 8.67. The van der Waals surface area contributed by atoms with Crippen LogP contribution in [0.5, 0.6) is 0 Å². The zero-order valence-corrected chi connectivity index (χ0v) is 23.2. The zero-order chi connectivity index (χ0) is 28.7. The number of fused-ring (bicyclic) bond motifs is 10. The lowest BCUT2D eigenvalue weighted by Gasteiger charge is -2.56. The summed E-state index contributed by atoms with van der Waals surface area (Å²) in [6.07, 6.45) is 2.76. The van der Waals surface area contributed by atoms with Crippen LogP contribution >= 0.6 is 0 Å². The molecule has 0 aliphatic carbocycles. The van der Waals surface area contributed by atoms with E-state index in [1.165, 1.54) is 9.80 Å². The van der Waals surface area contributed by atoms with E-state index >= 15 is 8.78 Å². The molecule has 0 radical (unpaired) electrons. The van der Waals surface area contributed by atoms with Crippen molar-refractivity contribution < 1.29 is 18.4 Å². The molecule has 6 atom stereocenters. The maximum atomic E-state index is 17.8. The van der Waals surface area contributed by atoms with Crippen LogP contribution in [0.3, 0.4) is 0 Å². The quantitative estimate of drug-likeness (QED) is 0.492. The minimum atomic E-state index is -2.09. The molecule has 5 heterocycles. The molecule has 6 nitrogen and oxygen atoms in total. The Morgan fingerprint density at radius 3 is 1.45 bits per heavy atom. The molecule has 0 unspecified atom stereocenters. The van der Waals surface area contributed by atoms with Crippen molar-refractivity contribution in [3.63, 3.8) is 0 Å². The Labute approximate surface area is 233 Å². The fraction of sp³-hybridized carbons (Fsp3) is 0.438. The lowest BCUT2D eigenvalue weighted by atomic mass is 9.69. The van der Waals surface area contributed by atoms with Gasteiger partial charge in [0.05, 0.1) is 0 Å². The number of rotatable bonds is 4. The number of benzene rings is 2. The molecule has 5 aliphatic rings. The first-order valence-electron chi connectivity index (χ1n) is 13.8. The van der Waals surface area contributed by atoms with Crippen LogP contribution in [0, 0.1) is 10.8 Å². The van der Waals surface area contributed by atoms with Gasteiger partial charge in [0.25, 0.3) is 0 Å². The highest BCUT2D eigenvalue weighted by atomic mass is 19.1.